The monoisotopic (exact) mass is 222 g/mol. The lowest BCUT2D eigenvalue weighted by Gasteiger charge is -2.22. The van der Waals surface area contributed by atoms with E-state index < -0.39 is 0 Å². The first-order valence-electron chi connectivity index (χ1n) is 4.59. The molecule has 0 bridgehead atoms. The van der Waals surface area contributed by atoms with Crippen LogP contribution < -0.4 is 5.32 Å². The van der Waals surface area contributed by atoms with Crippen molar-refractivity contribution < 1.29 is 0 Å². The molecule has 0 atom stereocenters. The number of nitrogens with one attached hydrogen (secondary N) is 1. The number of nitrogens with zero attached hydrogens (tertiary/aromatic N) is 3. The first-order valence-corrected chi connectivity index (χ1v) is 5.81. The van der Waals surface area contributed by atoms with Crippen LogP contribution in [-0.4, -0.2) is 27.5 Å². The van der Waals surface area contributed by atoms with Gasteiger partial charge in [0.2, 0.25) is 0 Å². The molecule has 1 aromatic rings. The summed E-state index contributed by atoms with van der Waals surface area (Å²) >= 11 is 1.77. The van der Waals surface area contributed by atoms with Crippen LogP contribution in [0.1, 0.15) is 19.5 Å². The lowest BCUT2D eigenvalue weighted by atomic mass is 10.2. The van der Waals surface area contributed by atoms with Crippen molar-refractivity contribution in [3.05, 3.63) is 18.1 Å². The molecule has 0 aliphatic rings. The number of anilines is 1. The maximum atomic E-state index is 8.81. The van der Waals surface area contributed by atoms with Crippen molar-refractivity contribution in [3.8, 4) is 6.07 Å². The van der Waals surface area contributed by atoms with Gasteiger partial charge in [-0.05, 0) is 20.1 Å². The maximum Gasteiger partial charge on any atom is 0.182 e. The SMILES string of the molecule is CSC(C)(C)CNc1nccnc1C#N. The Morgan fingerprint density at radius 2 is 2.13 bits per heavy atom. The van der Waals surface area contributed by atoms with Crippen LogP contribution in [0.2, 0.25) is 0 Å². The average molecular weight is 222 g/mol. The third-order valence-electron chi connectivity index (χ3n) is 2.04. The van der Waals surface area contributed by atoms with E-state index in [1.165, 1.54) is 6.20 Å². The fraction of sp³-hybridized carbons (Fsp3) is 0.500. The summed E-state index contributed by atoms with van der Waals surface area (Å²) in [7, 11) is 0. The Balaban J connectivity index is 2.70. The molecule has 5 heteroatoms. The van der Waals surface area contributed by atoms with Crippen LogP contribution in [0, 0.1) is 11.3 Å². The summed E-state index contributed by atoms with van der Waals surface area (Å²) in [5.74, 6) is 0.558. The Labute approximate surface area is 94.1 Å². The van der Waals surface area contributed by atoms with Crippen LogP contribution in [-0.2, 0) is 0 Å². The Kier molecular flexibility index (Phi) is 3.92. The molecular formula is C10H14N4S. The predicted octanol–water partition coefficient (Wildman–Crippen LogP) is 1.90. The van der Waals surface area contributed by atoms with Crippen molar-refractivity contribution in [3.63, 3.8) is 0 Å². The molecule has 0 unspecified atom stereocenters. The van der Waals surface area contributed by atoms with Gasteiger partial charge in [0.25, 0.3) is 0 Å². The lowest BCUT2D eigenvalue weighted by Crippen LogP contribution is -2.26. The molecule has 15 heavy (non-hydrogen) atoms. The van der Waals surface area contributed by atoms with Gasteiger partial charge in [0.1, 0.15) is 6.07 Å². The molecule has 0 spiro atoms. The van der Waals surface area contributed by atoms with Gasteiger partial charge in [-0.2, -0.15) is 17.0 Å². The molecule has 0 radical (unpaired) electrons. The van der Waals surface area contributed by atoms with E-state index in [-0.39, 0.29) is 4.75 Å². The molecule has 4 nitrogen and oxygen atoms in total. The molecule has 1 aromatic heterocycles. The van der Waals surface area contributed by atoms with Crippen LogP contribution in [0.25, 0.3) is 0 Å². The first kappa shape index (κ1) is 11.8. The predicted molar refractivity (Wildman–Crippen MR) is 62.8 cm³/mol. The second kappa shape index (κ2) is 4.99. The zero-order chi connectivity index (χ0) is 11.3. The summed E-state index contributed by atoms with van der Waals surface area (Å²) in [5.41, 5.74) is 0.342. The van der Waals surface area contributed by atoms with E-state index in [4.69, 9.17) is 5.26 Å². The lowest BCUT2D eigenvalue weighted by molar-refractivity contribution is 0.749. The molecule has 0 aliphatic carbocycles. The van der Waals surface area contributed by atoms with E-state index in [9.17, 15) is 0 Å². The Morgan fingerprint density at radius 1 is 1.47 bits per heavy atom. The fourth-order valence-electron chi connectivity index (χ4n) is 0.918. The summed E-state index contributed by atoms with van der Waals surface area (Å²) in [4.78, 5) is 8.01. The highest BCUT2D eigenvalue weighted by atomic mass is 32.2. The van der Waals surface area contributed by atoms with Crippen LogP contribution in [0.3, 0.4) is 0 Å². The highest BCUT2D eigenvalue weighted by molar-refractivity contribution is 7.99. The van der Waals surface area contributed by atoms with Gasteiger partial charge in [-0.15, -0.1) is 0 Å². The number of rotatable bonds is 4. The van der Waals surface area contributed by atoms with Gasteiger partial charge in [0, 0.05) is 23.7 Å². The minimum atomic E-state index is 0.115. The van der Waals surface area contributed by atoms with Gasteiger partial charge in [-0.3, -0.25) is 0 Å². The standard InChI is InChI=1S/C10H14N4S/c1-10(2,15-3)7-14-9-8(6-11)12-4-5-13-9/h4-5H,7H2,1-3H3,(H,13,14). The van der Waals surface area contributed by atoms with Crippen molar-refractivity contribution in [2.24, 2.45) is 0 Å². The molecule has 0 saturated heterocycles. The molecule has 1 rings (SSSR count). The minimum absolute atomic E-state index is 0.115. The fourth-order valence-corrected chi connectivity index (χ4v) is 1.13. The van der Waals surface area contributed by atoms with E-state index in [1.807, 2.05) is 6.07 Å². The Morgan fingerprint density at radius 3 is 2.73 bits per heavy atom. The molecule has 0 aromatic carbocycles. The number of hydrogen-bond donors (Lipinski definition) is 1. The highest BCUT2D eigenvalue weighted by Gasteiger charge is 2.16. The van der Waals surface area contributed by atoms with E-state index in [2.05, 4.69) is 35.4 Å². The van der Waals surface area contributed by atoms with E-state index in [0.29, 0.717) is 11.5 Å². The quantitative estimate of drug-likeness (QED) is 0.843. The summed E-state index contributed by atoms with van der Waals surface area (Å²) in [6.07, 6.45) is 5.16. The molecule has 0 saturated carbocycles. The highest BCUT2D eigenvalue weighted by Crippen LogP contribution is 2.21. The van der Waals surface area contributed by atoms with Crippen LogP contribution in [0.15, 0.2) is 12.4 Å². The zero-order valence-electron chi connectivity index (χ0n) is 9.11. The van der Waals surface area contributed by atoms with E-state index in [0.717, 1.165) is 6.54 Å². The second-order valence-electron chi connectivity index (χ2n) is 3.68. The van der Waals surface area contributed by atoms with Crippen molar-refractivity contribution in [1.29, 1.82) is 5.26 Å². The average Bonchev–Trinajstić information content (AvgIpc) is 2.27. The van der Waals surface area contributed by atoms with Crippen molar-refractivity contribution in [2.45, 2.75) is 18.6 Å². The third kappa shape index (κ3) is 3.40. The van der Waals surface area contributed by atoms with Crippen LogP contribution in [0.4, 0.5) is 5.82 Å². The Bertz CT molecular complexity index is 370. The molecule has 0 aliphatic heterocycles. The van der Waals surface area contributed by atoms with Crippen LogP contribution >= 0.6 is 11.8 Å². The zero-order valence-corrected chi connectivity index (χ0v) is 9.93. The summed E-state index contributed by atoms with van der Waals surface area (Å²) in [6.45, 7) is 5.02. The molecule has 1 N–H and O–H groups in total. The number of aromatic nitrogens is 2. The molecule has 0 fully saturated rings. The number of nitriles is 1. The number of thioether (sulfide) groups is 1. The maximum absolute atomic E-state index is 8.81. The minimum Gasteiger partial charge on any atom is -0.366 e. The topological polar surface area (TPSA) is 61.6 Å². The van der Waals surface area contributed by atoms with Gasteiger partial charge in [0.15, 0.2) is 11.5 Å². The second-order valence-corrected chi connectivity index (χ2v) is 5.20. The molecule has 0 amide bonds. The number of hydrogen-bond acceptors (Lipinski definition) is 5. The van der Waals surface area contributed by atoms with E-state index in [1.54, 1.807) is 18.0 Å². The van der Waals surface area contributed by atoms with Gasteiger partial charge in [-0.25, -0.2) is 9.97 Å². The summed E-state index contributed by atoms with van der Waals surface area (Å²) in [6, 6.07) is 2.01. The van der Waals surface area contributed by atoms with Crippen molar-refractivity contribution in [2.75, 3.05) is 18.1 Å². The summed E-state index contributed by atoms with van der Waals surface area (Å²) < 4.78 is 0.115. The molecular weight excluding hydrogens is 208 g/mol. The Hall–Kier alpha value is -1.28. The third-order valence-corrected chi connectivity index (χ3v) is 3.29. The van der Waals surface area contributed by atoms with E-state index >= 15 is 0 Å². The first-order chi connectivity index (χ1) is 7.09. The van der Waals surface area contributed by atoms with Gasteiger partial charge < -0.3 is 5.32 Å². The van der Waals surface area contributed by atoms with Gasteiger partial charge in [-0.1, -0.05) is 0 Å². The largest absolute Gasteiger partial charge is 0.366 e. The van der Waals surface area contributed by atoms with Gasteiger partial charge in [0.05, 0.1) is 0 Å². The van der Waals surface area contributed by atoms with Crippen LogP contribution in [0.5, 0.6) is 0 Å². The smallest absolute Gasteiger partial charge is 0.182 e. The van der Waals surface area contributed by atoms with Crippen molar-refractivity contribution in [1.82, 2.24) is 9.97 Å². The molecule has 1 heterocycles. The molecule has 80 valence electrons. The van der Waals surface area contributed by atoms with Crippen molar-refractivity contribution >= 4 is 17.6 Å². The summed E-state index contributed by atoms with van der Waals surface area (Å²) in [5, 5.41) is 11.9. The normalized spacial score (nSPS) is 10.8. The van der Waals surface area contributed by atoms with Gasteiger partial charge >= 0.3 is 0 Å².